The van der Waals surface area contributed by atoms with Crippen molar-refractivity contribution in [1.82, 2.24) is 9.36 Å². The molecule has 0 aliphatic heterocycles. The lowest BCUT2D eigenvalue weighted by molar-refractivity contribution is 0.385. The fourth-order valence-corrected chi connectivity index (χ4v) is 2.33. The fourth-order valence-electron chi connectivity index (χ4n) is 2.33. The van der Waals surface area contributed by atoms with Gasteiger partial charge >= 0.3 is 0 Å². The number of aromatic nitrogens is 2. The third-order valence-electron chi connectivity index (χ3n) is 3.33. The molecule has 0 aliphatic carbocycles. The zero-order chi connectivity index (χ0) is 14.6. The maximum Gasteiger partial charge on any atom is 0.290 e. The van der Waals surface area contributed by atoms with Crippen molar-refractivity contribution in [3.63, 3.8) is 0 Å². The van der Waals surface area contributed by atoms with Crippen LogP contribution in [0.2, 0.25) is 0 Å². The minimum atomic E-state index is -0.00949. The number of nitrogens with two attached hydrogens (primary N) is 1. The van der Waals surface area contributed by atoms with Gasteiger partial charge in [-0.05, 0) is 31.1 Å². The third kappa shape index (κ3) is 3.88. The first kappa shape index (κ1) is 15.9. The van der Waals surface area contributed by atoms with Gasteiger partial charge in [0.05, 0.1) is 5.69 Å². The highest BCUT2D eigenvalue weighted by Gasteiger charge is 2.17. The molecule has 19 heavy (non-hydrogen) atoms. The number of nitrogens with zero attached hydrogens (tertiary/aromatic N) is 2. The Morgan fingerprint density at radius 2 is 1.68 bits per heavy atom. The molecule has 4 heteroatoms. The second-order valence-electron chi connectivity index (χ2n) is 6.19. The van der Waals surface area contributed by atoms with Crippen LogP contribution in [0.15, 0.2) is 4.79 Å². The molecule has 4 nitrogen and oxygen atoms in total. The normalized spacial score (nSPS) is 11.7. The van der Waals surface area contributed by atoms with E-state index in [4.69, 9.17) is 5.73 Å². The number of nitrogen functional groups attached to an aromatic ring is 1. The molecule has 110 valence electrons. The van der Waals surface area contributed by atoms with E-state index in [9.17, 15) is 4.79 Å². The minimum absolute atomic E-state index is 0.00949. The standard InChI is InChI=1S/C15H29N3O/c1-6-8-17-13(10-12(4)5)14(16)15(19)18(17)9-7-11(2)3/h11-12H,6-10,16H2,1-5H3. The highest BCUT2D eigenvalue weighted by atomic mass is 16.1. The summed E-state index contributed by atoms with van der Waals surface area (Å²) in [5, 5.41) is 0. The van der Waals surface area contributed by atoms with Crippen molar-refractivity contribution < 1.29 is 0 Å². The summed E-state index contributed by atoms with van der Waals surface area (Å²) in [6.45, 7) is 12.4. The van der Waals surface area contributed by atoms with E-state index < -0.39 is 0 Å². The first-order valence-electron chi connectivity index (χ1n) is 7.46. The SMILES string of the molecule is CCCn1c(CC(C)C)c(N)c(=O)n1CCC(C)C. The molecular formula is C15H29N3O. The van der Waals surface area contributed by atoms with Crippen LogP contribution in [0.25, 0.3) is 0 Å². The molecule has 0 saturated heterocycles. The molecular weight excluding hydrogens is 238 g/mol. The molecule has 1 heterocycles. The van der Waals surface area contributed by atoms with E-state index in [1.165, 1.54) is 0 Å². The Hall–Kier alpha value is -1.19. The van der Waals surface area contributed by atoms with E-state index in [0.29, 0.717) is 17.5 Å². The van der Waals surface area contributed by atoms with Gasteiger partial charge in [-0.25, -0.2) is 4.68 Å². The van der Waals surface area contributed by atoms with E-state index in [-0.39, 0.29) is 5.56 Å². The Labute approximate surface area is 116 Å². The number of rotatable bonds is 7. The lowest BCUT2D eigenvalue weighted by Crippen LogP contribution is -2.25. The van der Waals surface area contributed by atoms with Crippen LogP contribution in [-0.4, -0.2) is 9.36 Å². The van der Waals surface area contributed by atoms with Gasteiger partial charge in [0.2, 0.25) is 0 Å². The van der Waals surface area contributed by atoms with Crippen LogP contribution in [0.5, 0.6) is 0 Å². The van der Waals surface area contributed by atoms with E-state index in [1.54, 1.807) is 0 Å². The number of hydrogen-bond donors (Lipinski definition) is 1. The highest BCUT2D eigenvalue weighted by molar-refractivity contribution is 5.41. The van der Waals surface area contributed by atoms with E-state index >= 15 is 0 Å². The van der Waals surface area contributed by atoms with E-state index in [0.717, 1.165) is 38.0 Å². The summed E-state index contributed by atoms with van der Waals surface area (Å²) in [4.78, 5) is 12.3. The lowest BCUT2D eigenvalue weighted by atomic mass is 10.1. The van der Waals surface area contributed by atoms with E-state index in [2.05, 4.69) is 39.3 Å². The quantitative estimate of drug-likeness (QED) is 0.826. The van der Waals surface area contributed by atoms with Crippen molar-refractivity contribution in [3.05, 3.63) is 16.0 Å². The highest BCUT2D eigenvalue weighted by Crippen LogP contribution is 2.16. The molecule has 0 unspecified atom stereocenters. The Morgan fingerprint density at radius 1 is 1.05 bits per heavy atom. The van der Waals surface area contributed by atoms with Crippen LogP contribution in [-0.2, 0) is 19.5 Å². The molecule has 0 radical (unpaired) electrons. The van der Waals surface area contributed by atoms with Crippen LogP contribution < -0.4 is 11.3 Å². The van der Waals surface area contributed by atoms with Gasteiger partial charge in [-0.3, -0.25) is 9.48 Å². The molecule has 0 bridgehead atoms. The molecule has 2 N–H and O–H groups in total. The maximum absolute atomic E-state index is 12.3. The zero-order valence-electron chi connectivity index (χ0n) is 13.1. The summed E-state index contributed by atoms with van der Waals surface area (Å²) in [5.41, 5.74) is 7.49. The van der Waals surface area contributed by atoms with Gasteiger partial charge < -0.3 is 5.73 Å². The Morgan fingerprint density at radius 3 is 2.16 bits per heavy atom. The number of anilines is 1. The molecule has 0 spiro atoms. The maximum atomic E-state index is 12.3. The molecule has 0 aromatic carbocycles. The third-order valence-corrected chi connectivity index (χ3v) is 3.33. The van der Waals surface area contributed by atoms with Crippen molar-refractivity contribution in [2.75, 3.05) is 5.73 Å². The van der Waals surface area contributed by atoms with Crippen LogP contribution in [0.4, 0.5) is 5.69 Å². The molecule has 1 aromatic rings. The van der Waals surface area contributed by atoms with Crippen molar-refractivity contribution in [2.45, 2.75) is 67.0 Å². The molecule has 0 amide bonds. The average Bonchev–Trinajstić information content (AvgIpc) is 2.52. The van der Waals surface area contributed by atoms with Gasteiger partial charge in [-0.2, -0.15) is 0 Å². The monoisotopic (exact) mass is 267 g/mol. The molecule has 0 saturated carbocycles. The molecule has 1 aromatic heterocycles. The predicted octanol–water partition coefficient (Wildman–Crippen LogP) is 2.89. The van der Waals surface area contributed by atoms with Gasteiger partial charge in [0, 0.05) is 13.1 Å². The van der Waals surface area contributed by atoms with Crippen LogP contribution in [0.3, 0.4) is 0 Å². The van der Waals surface area contributed by atoms with Crippen LogP contribution in [0.1, 0.15) is 53.2 Å². The van der Waals surface area contributed by atoms with Gasteiger partial charge in [-0.1, -0.05) is 34.6 Å². The van der Waals surface area contributed by atoms with Crippen LogP contribution in [0, 0.1) is 11.8 Å². The largest absolute Gasteiger partial charge is 0.393 e. The Balaban J connectivity index is 3.16. The first-order valence-corrected chi connectivity index (χ1v) is 7.46. The van der Waals surface area contributed by atoms with Crippen molar-refractivity contribution in [2.24, 2.45) is 11.8 Å². The lowest BCUT2D eigenvalue weighted by Gasteiger charge is -2.16. The molecule has 1 rings (SSSR count). The summed E-state index contributed by atoms with van der Waals surface area (Å²) >= 11 is 0. The van der Waals surface area contributed by atoms with Crippen LogP contribution >= 0.6 is 0 Å². The van der Waals surface area contributed by atoms with Gasteiger partial charge in [0.25, 0.3) is 5.56 Å². The summed E-state index contributed by atoms with van der Waals surface area (Å²) < 4.78 is 3.95. The average molecular weight is 267 g/mol. The Kier molecular flexibility index (Phi) is 5.70. The first-order chi connectivity index (χ1) is 8.88. The van der Waals surface area contributed by atoms with Crippen molar-refractivity contribution in [3.8, 4) is 0 Å². The molecule has 0 atom stereocenters. The van der Waals surface area contributed by atoms with E-state index in [1.807, 2.05) is 4.68 Å². The number of hydrogen-bond acceptors (Lipinski definition) is 2. The molecule has 0 fully saturated rings. The van der Waals surface area contributed by atoms with Crippen molar-refractivity contribution in [1.29, 1.82) is 0 Å². The summed E-state index contributed by atoms with van der Waals surface area (Å²) in [7, 11) is 0. The minimum Gasteiger partial charge on any atom is -0.393 e. The summed E-state index contributed by atoms with van der Waals surface area (Å²) in [5.74, 6) is 1.09. The predicted molar refractivity (Wildman–Crippen MR) is 81.4 cm³/mol. The smallest absolute Gasteiger partial charge is 0.290 e. The second kappa shape index (κ2) is 6.83. The Bertz CT molecular complexity index is 455. The van der Waals surface area contributed by atoms with Crippen molar-refractivity contribution >= 4 is 5.69 Å². The summed E-state index contributed by atoms with van der Waals surface area (Å²) in [6.07, 6.45) is 2.89. The molecule has 0 aliphatic rings. The topological polar surface area (TPSA) is 52.9 Å². The van der Waals surface area contributed by atoms with Gasteiger partial charge in [-0.15, -0.1) is 0 Å². The van der Waals surface area contributed by atoms with Gasteiger partial charge in [0.15, 0.2) is 0 Å². The summed E-state index contributed by atoms with van der Waals surface area (Å²) in [6, 6.07) is 0. The fraction of sp³-hybridized carbons (Fsp3) is 0.800. The van der Waals surface area contributed by atoms with Gasteiger partial charge in [0.1, 0.15) is 5.69 Å². The second-order valence-corrected chi connectivity index (χ2v) is 6.19. The zero-order valence-corrected chi connectivity index (χ0v) is 13.1.